The highest BCUT2D eigenvalue weighted by atomic mass is 19.1. The van der Waals surface area contributed by atoms with Crippen molar-refractivity contribution in [2.24, 2.45) is 0 Å². The zero-order valence-electron chi connectivity index (χ0n) is 16.3. The Bertz CT molecular complexity index is 1080. The normalized spacial score (nSPS) is 11.5. The van der Waals surface area contributed by atoms with Crippen molar-refractivity contribution >= 4 is 11.8 Å². The van der Waals surface area contributed by atoms with Crippen LogP contribution in [0.15, 0.2) is 71.8 Å². The molecule has 0 unspecified atom stereocenters. The number of hydrogen-bond acceptors (Lipinski definition) is 4. The second kappa shape index (κ2) is 9.60. The number of amides is 2. The van der Waals surface area contributed by atoms with Crippen LogP contribution in [0.25, 0.3) is 0 Å². The summed E-state index contributed by atoms with van der Waals surface area (Å²) in [7, 11) is 0. The SMILES string of the molecule is C[C@H](NC(=O)c1ccc(=O)n(CC(=O)NCc2ccc(F)cc2)c1)c1ccccn1. The molecule has 2 N–H and O–H groups in total. The number of carbonyl (C=O) groups is 2. The summed E-state index contributed by atoms with van der Waals surface area (Å²) in [6, 6.07) is 13.5. The molecule has 0 bridgehead atoms. The van der Waals surface area contributed by atoms with Gasteiger partial charge in [0.15, 0.2) is 0 Å². The Morgan fingerprint density at radius 3 is 2.57 bits per heavy atom. The summed E-state index contributed by atoms with van der Waals surface area (Å²) in [4.78, 5) is 41.0. The summed E-state index contributed by atoms with van der Waals surface area (Å²) in [5.41, 5.74) is 1.29. The van der Waals surface area contributed by atoms with Crippen molar-refractivity contribution in [1.29, 1.82) is 0 Å². The number of nitrogens with one attached hydrogen (secondary N) is 2. The van der Waals surface area contributed by atoms with Crippen LogP contribution in [0.3, 0.4) is 0 Å². The number of pyridine rings is 2. The Morgan fingerprint density at radius 1 is 1.10 bits per heavy atom. The monoisotopic (exact) mass is 408 g/mol. The topological polar surface area (TPSA) is 93.1 Å². The van der Waals surface area contributed by atoms with Crippen molar-refractivity contribution in [1.82, 2.24) is 20.2 Å². The first kappa shape index (κ1) is 20.9. The molecule has 0 aliphatic carbocycles. The van der Waals surface area contributed by atoms with Gasteiger partial charge in [0, 0.05) is 25.0 Å². The second-order valence-corrected chi connectivity index (χ2v) is 6.74. The van der Waals surface area contributed by atoms with Gasteiger partial charge >= 0.3 is 0 Å². The lowest BCUT2D eigenvalue weighted by molar-refractivity contribution is -0.121. The Kier molecular flexibility index (Phi) is 6.69. The molecular formula is C22H21FN4O3. The van der Waals surface area contributed by atoms with Gasteiger partial charge in [-0.25, -0.2) is 4.39 Å². The predicted molar refractivity (Wildman–Crippen MR) is 109 cm³/mol. The van der Waals surface area contributed by atoms with E-state index in [1.165, 1.54) is 35.0 Å². The van der Waals surface area contributed by atoms with E-state index in [-0.39, 0.29) is 36.4 Å². The number of benzene rings is 1. The zero-order chi connectivity index (χ0) is 21.5. The molecule has 1 aromatic carbocycles. The minimum Gasteiger partial charge on any atom is -0.350 e. The number of aromatic nitrogens is 2. The molecule has 0 spiro atoms. The first-order chi connectivity index (χ1) is 14.4. The van der Waals surface area contributed by atoms with Crippen LogP contribution in [-0.4, -0.2) is 21.4 Å². The summed E-state index contributed by atoms with van der Waals surface area (Å²) in [6.07, 6.45) is 2.99. The van der Waals surface area contributed by atoms with Crippen molar-refractivity contribution in [3.05, 3.63) is 100.0 Å². The first-order valence-corrected chi connectivity index (χ1v) is 9.36. The molecule has 1 atom stereocenters. The number of nitrogens with zero attached hydrogens (tertiary/aromatic N) is 2. The summed E-state index contributed by atoms with van der Waals surface area (Å²) in [6.45, 7) is 1.77. The summed E-state index contributed by atoms with van der Waals surface area (Å²) >= 11 is 0. The summed E-state index contributed by atoms with van der Waals surface area (Å²) < 4.78 is 14.1. The maximum atomic E-state index is 12.9. The van der Waals surface area contributed by atoms with Crippen LogP contribution in [0.1, 0.15) is 34.6 Å². The van der Waals surface area contributed by atoms with E-state index < -0.39 is 11.5 Å². The van der Waals surface area contributed by atoms with Crippen molar-refractivity contribution in [3.8, 4) is 0 Å². The Hall–Kier alpha value is -3.81. The van der Waals surface area contributed by atoms with Gasteiger partial charge in [0.1, 0.15) is 12.4 Å². The third kappa shape index (κ3) is 5.60. The highest BCUT2D eigenvalue weighted by Gasteiger charge is 2.14. The molecular weight excluding hydrogens is 387 g/mol. The fourth-order valence-corrected chi connectivity index (χ4v) is 2.79. The Labute approximate surface area is 172 Å². The number of hydrogen-bond donors (Lipinski definition) is 2. The van der Waals surface area contributed by atoms with E-state index in [1.807, 2.05) is 6.07 Å². The smallest absolute Gasteiger partial charge is 0.253 e. The molecule has 0 radical (unpaired) electrons. The van der Waals surface area contributed by atoms with Crippen LogP contribution >= 0.6 is 0 Å². The Balaban J connectivity index is 1.62. The zero-order valence-corrected chi connectivity index (χ0v) is 16.3. The van der Waals surface area contributed by atoms with Crippen LogP contribution in [0.2, 0.25) is 0 Å². The number of carbonyl (C=O) groups excluding carboxylic acids is 2. The minimum atomic E-state index is -0.402. The van der Waals surface area contributed by atoms with Crippen LogP contribution in [-0.2, 0) is 17.9 Å². The quantitative estimate of drug-likeness (QED) is 0.627. The number of rotatable bonds is 7. The molecule has 154 valence electrons. The summed E-state index contributed by atoms with van der Waals surface area (Å²) in [5.74, 6) is -1.14. The van der Waals surface area contributed by atoms with E-state index in [1.54, 1.807) is 37.4 Å². The molecule has 8 heteroatoms. The van der Waals surface area contributed by atoms with Gasteiger partial charge in [-0.3, -0.25) is 19.4 Å². The molecule has 2 heterocycles. The number of halogens is 1. The lowest BCUT2D eigenvalue weighted by Gasteiger charge is -2.14. The fourth-order valence-electron chi connectivity index (χ4n) is 2.79. The molecule has 3 rings (SSSR count). The van der Waals surface area contributed by atoms with Crippen molar-refractivity contribution in [2.45, 2.75) is 26.1 Å². The molecule has 0 fully saturated rings. The molecule has 0 aliphatic rings. The van der Waals surface area contributed by atoms with Crippen molar-refractivity contribution in [3.63, 3.8) is 0 Å². The van der Waals surface area contributed by atoms with Crippen LogP contribution in [0.5, 0.6) is 0 Å². The van der Waals surface area contributed by atoms with Gasteiger partial charge in [-0.1, -0.05) is 18.2 Å². The third-order valence-electron chi connectivity index (χ3n) is 4.44. The average molecular weight is 408 g/mol. The molecule has 7 nitrogen and oxygen atoms in total. The van der Waals surface area contributed by atoms with Crippen LogP contribution in [0.4, 0.5) is 4.39 Å². The van der Waals surface area contributed by atoms with Gasteiger partial charge in [-0.05, 0) is 42.8 Å². The van der Waals surface area contributed by atoms with E-state index in [9.17, 15) is 18.8 Å². The lowest BCUT2D eigenvalue weighted by Crippen LogP contribution is -2.33. The molecule has 0 saturated heterocycles. The highest BCUT2D eigenvalue weighted by Crippen LogP contribution is 2.09. The van der Waals surface area contributed by atoms with E-state index >= 15 is 0 Å². The largest absolute Gasteiger partial charge is 0.350 e. The predicted octanol–water partition coefficient (Wildman–Crippen LogP) is 2.19. The average Bonchev–Trinajstić information content (AvgIpc) is 2.75. The van der Waals surface area contributed by atoms with E-state index in [0.29, 0.717) is 5.69 Å². The standard InChI is InChI=1S/C22H21FN4O3/c1-15(19-4-2-3-11-24-19)26-22(30)17-7-10-21(29)27(13-17)14-20(28)25-12-16-5-8-18(23)9-6-16/h2-11,13,15H,12,14H2,1H3,(H,25,28)(H,26,30)/t15-/m0/s1. The van der Waals surface area contributed by atoms with Gasteiger partial charge < -0.3 is 15.2 Å². The van der Waals surface area contributed by atoms with Gasteiger partial charge in [-0.15, -0.1) is 0 Å². The molecule has 2 aromatic heterocycles. The maximum Gasteiger partial charge on any atom is 0.253 e. The fraction of sp³-hybridized carbons (Fsp3) is 0.182. The molecule has 2 amide bonds. The molecule has 30 heavy (non-hydrogen) atoms. The first-order valence-electron chi connectivity index (χ1n) is 9.36. The second-order valence-electron chi connectivity index (χ2n) is 6.74. The third-order valence-corrected chi connectivity index (χ3v) is 4.44. The van der Waals surface area contributed by atoms with Gasteiger partial charge in [0.25, 0.3) is 11.5 Å². The van der Waals surface area contributed by atoms with Crippen LogP contribution < -0.4 is 16.2 Å². The lowest BCUT2D eigenvalue weighted by atomic mass is 10.2. The maximum absolute atomic E-state index is 12.9. The van der Waals surface area contributed by atoms with Gasteiger partial charge in [0.2, 0.25) is 5.91 Å². The van der Waals surface area contributed by atoms with E-state index in [0.717, 1.165) is 5.56 Å². The molecule has 0 saturated carbocycles. The van der Waals surface area contributed by atoms with Crippen molar-refractivity contribution < 1.29 is 14.0 Å². The van der Waals surface area contributed by atoms with Gasteiger partial charge in [0.05, 0.1) is 17.3 Å². The van der Waals surface area contributed by atoms with Gasteiger partial charge in [-0.2, -0.15) is 0 Å². The highest BCUT2D eigenvalue weighted by molar-refractivity contribution is 5.94. The van der Waals surface area contributed by atoms with Crippen molar-refractivity contribution in [2.75, 3.05) is 0 Å². The minimum absolute atomic E-state index is 0.204. The van der Waals surface area contributed by atoms with Crippen LogP contribution in [0, 0.1) is 5.82 Å². The Morgan fingerprint density at radius 2 is 1.87 bits per heavy atom. The summed E-state index contributed by atoms with van der Waals surface area (Å²) in [5, 5.41) is 5.48. The molecule has 3 aromatic rings. The van der Waals surface area contributed by atoms with E-state index in [2.05, 4.69) is 15.6 Å². The van der Waals surface area contributed by atoms with E-state index in [4.69, 9.17) is 0 Å². The molecule has 0 aliphatic heterocycles.